The highest BCUT2D eigenvalue weighted by Gasteiger charge is 2.54. The Bertz CT molecular complexity index is 1430. The normalized spacial score (nSPS) is 21.0. The summed E-state index contributed by atoms with van der Waals surface area (Å²) in [5.41, 5.74) is 9.23. The van der Waals surface area contributed by atoms with Gasteiger partial charge in [-0.1, -0.05) is 53.3 Å². The molecule has 0 bridgehead atoms. The molecule has 0 radical (unpaired) electrons. The first-order chi connectivity index (χ1) is 16.5. The molecule has 2 amide bonds. The van der Waals surface area contributed by atoms with E-state index in [-0.39, 0.29) is 23.9 Å². The Hall–Kier alpha value is -3.23. The molecule has 172 valence electrons. The van der Waals surface area contributed by atoms with Gasteiger partial charge in [-0.05, 0) is 54.1 Å². The Morgan fingerprint density at radius 1 is 1.18 bits per heavy atom. The molecule has 0 unspecified atom stereocenters. The maximum Gasteiger partial charge on any atom is 0.274 e. The number of rotatable bonds is 5. The molecule has 1 aliphatic heterocycles. The lowest BCUT2D eigenvalue weighted by atomic mass is 10.1. The summed E-state index contributed by atoms with van der Waals surface area (Å²) in [6, 6.07) is 16.0. The summed E-state index contributed by atoms with van der Waals surface area (Å²) in [7, 11) is 0. The number of aromatic nitrogens is 1. The Morgan fingerprint density at radius 3 is 2.88 bits per heavy atom. The maximum atomic E-state index is 13.7. The first-order valence-electron chi connectivity index (χ1n) is 11.4. The minimum atomic E-state index is -0.0978. The summed E-state index contributed by atoms with van der Waals surface area (Å²) in [4.78, 5) is 33.9. The molecule has 8 heteroatoms. The minimum Gasteiger partial charge on any atom is -0.375 e. The number of carbonyl (C=O) groups is 2. The zero-order valence-corrected chi connectivity index (χ0v) is 20.3. The molecule has 6 nitrogen and oxygen atoms in total. The fourth-order valence-corrected chi connectivity index (χ4v) is 6.85. The van der Waals surface area contributed by atoms with Crippen molar-refractivity contribution in [1.82, 2.24) is 15.2 Å². The standard InChI is InChI=1S/C26H24N4O2S2/c1-14-4-2-6-16(10-14)23-21(29-26(27)34-23)25(32)30-18(11-17-12-20(17)30)13-28-24(31)19-7-3-5-15-8-9-33-22(15)19/h2-10,17-18,20H,11-13H2,1H3,(H2,27,29)(H,28,31)/t17-,18+,20+/m1/s1. The second-order valence-electron chi connectivity index (χ2n) is 9.12. The van der Waals surface area contributed by atoms with Gasteiger partial charge in [0.25, 0.3) is 11.8 Å². The molecule has 3 heterocycles. The number of hydrogen-bond donors (Lipinski definition) is 2. The monoisotopic (exact) mass is 488 g/mol. The Labute approximate surface area is 205 Å². The molecule has 2 aliphatic rings. The Balaban J connectivity index is 1.23. The van der Waals surface area contributed by atoms with E-state index in [4.69, 9.17) is 5.73 Å². The number of nitrogens with two attached hydrogens (primary N) is 1. The SMILES string of the molecule is Cc1cccc(-c2sc(N)nc2C(=O)N2[C@H](CNC(=O)c3cccc4ccsc34)C[C@@H]3C[C@@H]32)c1. The van der Waals surface area contributed by atoms with Crippen LogP contribution in [0.25, 0.3) is 20.5 Å². The molecular formula is C26H24N4O2S2. The number of thiazole rings is 1. The molecule has 3 atom stereocenters. The zero-order chi connectivity index (χ0) is 23.4. The van der Waals surface area contributed by atoms with Gasteiger partial charge in [0.2, 0.25) is 0 Å². The number of amides is 2. The van der Waals surface area contributed by atoms with E-state index >= 15 is 0 Å². The number of anilines is 1. The number of piperidine rings is 1. The van der Waals surface area contributed by atoms with Gasteiger partial charge in [0.1, 0.15) is 5.69 Å². The lowest BCUT2D eigenvalue weighted by molar-refractivity contribution is 0.0685. The lowest BCUT2D eigenvalue weighted by Gasteiger charge is -2.27. The van der Waals surface area contributed by atoms with Gasteiger partial charge in [-0.2, -0.15) is 0 Å². The second kappa shape index (κ2) is 8.21. The van der Waals surface area contributed by atoms with Crippen LogP contribution in [0.3, 0.4) is 0 Å². The smallest absolute Gasteiger partial charge is 0.274 e. The maximum absolute atomic E-state index is 13.7. The fourth-order valence-electron chi connectivity index (χ4n) is 5.12. The number of hydrogen-bond acceptors (Lipinski definition) is 6. The molecule has 0 spiro atoms. The summed E-state index contributed by atoms with van der Waals surface area (Å²) in [6.45, 7) is 2.46. The average Bonchev–Trinajstić information content (AvgIpc) is 3.18. The van der Waals surface area contributed by atoms with Gasteiger partial charge in [-0.3, -0.25) is 9.59 Å². The number of likely N-dealkylation sites (tertiary alicyclic amines) is 1. The summed E-state index contributed by atoms with van der Waals surface area (Å²) in [5, 5.41) is 6.55. The minimum absolute atomic E-state index is 0.0453. The Morgan fingerprint density at radius 2 is 2.03 bits per heavy atom. The molecule has 2 fully saturated rings. The molecule has 2 aromatic carbocycles. The molecule has 4 aromatic rings. The molecule has 1 aliphatic carbocycles. The number of nitrogens with zero attached hydrogens (tertiary/aromatic N) is 2. The molecule has 2 aromatic heterocycles. The summed E-state index contributed by atoms with van der Waals surface area (Å²) >= 11 is 2.92. The predicted molar refractivity (Wildman–Crippen MR) is 137 cm³/mol. The van der Waals surface area contributed by atoms with Gasteiger partial charge in [0.05, 0.1) is 16.5 Å². The predicted octanol–water partition coefficient (Wildman–Crippen LogP) is 4.95. The summed E-state index contributed by atoms with van der Waals surface area (Å²) < 4.78 is 0.989. The van der Waals surface area contributed by atoms with Gasteiger partial charge < -0.3 is 16.0 Å². The number of nitrogens with one attached hydrogen (secondary N) is 1. The number of thiophene rings is 1. The van der Waals surface area contributed by atoms with Crippen LogP contribution in [0.15, 0.2) is 53.9 Å². The summed E-state index contributed by atoms with van der Waals surface area (Å²) in [5.74, 6) is 0.318. The highest BCUT2D eigenvalue weighted by molar-refractivity contribution is 7.19. The van der Waals surface area contributed by atoms with Crippen LogP contribution in [0.1, 0.15) is 39.3 Å². The lowest BCUT2D eigenvalue weighted by Crippen LogP contribution is -2.45. The van der Waals surface area contributed by atoms with Crippen molar-refractivity contribution < 1.29 is 9.59 Å². The van der Waals surface area contributed by atoms with E-state index in [9.17, 15) is 9.59 Å². The highest BCUT2D eigenvalue weighted by atomic mass is 32.1. The zero-order valence-electron chi connectivity index (χ0n) is 18.7. The number of aryl methyl sites for hydroxylation is 1. The van der Waals surface area contributed by atoms with E-state index in [1.165, 1.54) is 11.3 Å². The van der Waals surface area contributed by atoms with Crippen molar-refractivity contribution in [3.05, 3.63) is 70.7 Å². The van der Waals surface area contributed by atoms with Crippen LogP contribution >= 0.6 is 22.7 Å². The van der Waals surface area contributed by atoms with E-state index in [1.807, 2.05) is 59.7 Å². The fraction of sp³-hybridized carbons (Fsp3) is 0.269. The average molecular weight is 489 g/mol. The molecule has 1 saturated carbocycles. The van der Waals surface area contributed by atoms with Crippen molar-refractivity contribution in [1.29, 1.82) is 0 Å². The van der Waals surface area contributed by atoms with Crippen molar-refractivity contribution in [3.63, 3.8) is 0 Å². The second-order valence-corrected chi connectivity index (χ2v) is 11.1. The molecule has 34 heavy (non-hydrogen) atoms. The molecule has 3 N–H and O–H groups in total. The number of fused-ring (bicyclic) bond motifs is 2. The van der Waals surface area contributed by atoms with Gasteiger partial charge in [-0.15, -0.1) is 11.3 Å². The number of carbonyl (C=O) groups excluding carboxylic acids is 2. The van der Waals surface area contributed by atoms with Crippen LogP contribution in [0, 0.1) is 12.8 Å². The van der Waals surface area contributed by atoms with Crippen molar-refractivity contribution in [2.45, 2.75) is 31.8 Å². The summed E-state index contributed by atoms with van der Waals surface area (Å²) in [6.07, 6.45) is 1.92. The molecule has 6 rings (SSSR count). The highest BCUT2D eigenvalue weighted by Crippen LogP contribution is 2.49. The Kier molecular flexibility index (Phi) is 5.15. The van der Waals surface area contributed by atoms with E-state index in [0.29, 0.717) is 28.9 Å². The first-order valence-corrected chi connectivity index (χ1v) is 13.1. The van der Waals surface area contributed by atoms with Crippen molar-refractivity contribution in [2.24, 2.45) is 5.92 Å². The quantitative estimate of drug-likeness (QED) is 0.416. The van der Waals surface area contributed by atoms with Gasteiger partial charge in [0, 0.05) is 17.3 Å². The van der Waals surface area contributed by atoms with E-state index in [1.54, 1.807) is 11.3 Å². The van der Waals surface area contributed by atoms with Crippen LogP contribution in [-0.2, 0) is 0 Å². The molecule has 1 saturated heterocycles. The van der Waals surface area contributed by atoms with Crippen molar-refractivity contribution in [2.75, 3.05) is 12.3 Å². The van der Waals surface area contributed by atoms with Gasteiger partial charge >= 0.3 is 0 Å². The van der Waals surface area contributed by atoms with E-state index < -0.39 is 0 Å². The third kappa shape index (κ3) is 3.67. The third-order valence-electron chi connectivity index (χ3n) is 6.79. The number of nitrogen functional groups attached to an aromatic ring is 1. The van der Waals surface area contributed by atoms with Crippen LogP contribution in [0.2, 0.25) is 0 Å². The van der Waals surface area contributed by atoms with Crippen LogP contribution in [-0.4, -0.2) is 40.3 Å². The van der Waals surface area contributed by atoms with Crippen molar-refractivity contribution in [3.8, 4) is 10.4 Å². The van der Waals surface area contributed by atoms with Gasteiger partial charge in [0.15, 0.2) is 5.13 Å². The van der Waals surface area contributed by atoms with Gasteiger partial charge in [-0.25, -0.2) is 4.98 Å². The molecular weight excluding hydrogens is 464 g/mol. The topological polar surface area (TPSA) is 88.3 Å². The van der Waals surface area contributed by atoms with E-state index in [2.05, 4.69) is 16.4 Å². The first kappa shape index (κ1) is 21.3. The number of benzene rings is 2. The van der Waals surface area contributed by atoms with Crippen LogP contribution < -0.4 is 11.1 Å². The van der Waals surface area contributed by atoms with Crippen LogP contribution in [0.4, 0.5) is 5.13 Å². The van der Waals surface area contributed by atoms with Crippen LogP contribution in [0.5, 0.6) is 0 Å². The van der Waals surface area contributed by atoms with Crippen molar-refractivity contribution >= 4 is 49.7 Å². The third-order valence-corrected chi connectivity index (χ3v) is 8.69. The largest absolute Gasteiger partial charge is 0.375 e. The van der Waals surface area contributed by atoms with E-state index in [0.717, 1.165) is 38.9 Å².